The molecule has 0 aliphatic heterocycles. The van der Waals surface area contributed by atoms with Gasteiger partial charge in [-0.1, -0.05) is 44.0 Å². The second kappa shape index (κ2) is 6.24. The van der Waals surface area contributed by atoms with Crippen molar-refractivity contribution in [3.05, 3.63) is 43.0 Å². The summed E-state index contributed by atoms with van der Waals surface area (Å²) in [6.45, 7) is 7.73. The zero-order valence-corrected chi connectivity index (χ0v) is 10.6. The molecule has 0 heterocycles. The molecule has 0 amide bonds. The summed E-state index contributed by atoms with van der Waals surface area (Å²) in [4.78, 5) is 12.1. The third-order valence-corrected chi connectivity index (χ3v) is 2.92. The topological polar surface area (TPSA) is 26.3 Å². The molecule has 1 aromatic carbocycles. The second-order valence-electron chi connectivity index (χ2n) is 4.43. The first-order valence-electron chi connectivity index (χ1n) is 6.03. The first-order chi connectivity index (χ1) is 8.12. The van der Waals surface area contributed by atoms with Gasteiger partial charge < -0.3 is 4.74 Å². The van der Waals surface area contributed by atoms with Gasteiger partial charge in [-0.25, -0.2) is 0 Å². The fourth-order valence-electron chi connectivity index (χ4n) is 1.54. The minimum absolute atomic E-state index is 0.229. The van der Waals surface area contributed by atoms with Crippen molar-refractivity contribution in [3.63, 3.8) is 0 Å². The maximum absolute atomic E-state index is 12.1. The van der Waals surface area contributed by atoms with Crippen LogP contribution in [0.4, 0.5) is 0 Å². The number of hydrogen-bond acceptors (Lipinski definition) is 2. The summed E-state index contributed by atoms with van der Waals surface area (Å²) < 4.78 is 5.36. The van der Waals surface area contributed by atoms with Crippen LogP contribution in [0, 0.1) is 5.41 Å². The number of unbranched alkanes of at least 4 members (excludes halogenated alkanes) is 1. The number of ether oxygens (including phenoxy) is 1. The van der Waals surface area contributed by atoms with E-state index < -0.39 is 5.41 Å². The van der Waals surface area contributed by atoms with Crippen LogP contribution in [0.25, 0.3) is 0 Å². The molecule has 0 radical (unpaired) electrons. The van der Waals surface area contributed by atoms with Crippen molar-refractivity contribution in [2.75, 3.05) is 0 Å². The van der Waals surface area contributed by atoms with E-state index in [1.54, 1.807) is 18.2 Å². The van der Waals surface area contributed by atoms with Crippen LogP contribution in [-0.4, -0.2) is 5.97 Å². The fourth-order valence-corrected chi connectivity index (χ4v) is 1.54. The molecule has 92 valence electrons. The Morgan fingerprint density at radius 1 is 1.41 bits per heavy atom. The number of rotatable bonds is 6. The van der Waals surface area contributed by atoms with Gasteiger partial charge in [-0.2, -0.15) is 0 Å². The molecule has 0 saturated heterocycles. The fraction of sp³-hybridized carbons (Fsp3) is 0.400. The van der Waals surface area contributed by atoms with E-state index in [0.717, 1.165) is 19.3 Å². The van der Waals surface area contributed by atoms with Crippen molar-refractivity contribution >= 4 is 5.97 Å². The Morgan fingerprint density at radius 3 is 2.59 bits per heavy atom. The van der Waals surface area contributed by atoms with Crippen molar-refractivity contribution in [2.45, 2.75) is 33.1 Å². The molecule has 1 atom stereocenters. The van der Waals surface area contributed by atoms with Gasteiger partial charge in [0.1, 0.15) is 5.75 Å². The molecule has 2 nitrogen and oxygen atoms in total. The highest BCUT2D eigenvalue weighted by molar-refractivity contribution is 5.80. The molecule has 1 rings (SSSR count). The van der Waals surface area contributed by atoms with E-state index >= 15 is 0 Å². The molecule has 2 heteroatoms. The summed E-state index contributed by atoms with van der Waals surface area (Å²) in [5.41, 5.74) is -0.591. The van der Waals surface area contributed by atoms with Crippen LogP contribution < -0.4 is 4.74 Å². The lowest BCUT2D eigenvalue weighted by Gasteiger charge is -2.23. The number of esters is 1. The highest BCUT2D eigenvalue weighted by Gasteiger charge is 2.31. The van der Waals surface area contributed by atoms with Crippen LogP contribution in [0.1, 0.15) is 33.1 Å². The Hall–Kier alpha value is -1.57. The number of hydrogen-bond donors (Lipinski definition) is 0. The third-order valence-electron chi connectivity index (χ3n) is 2.92. The molecule has 0 fully saturated rings. The molecule has 0 N–H and O–H groups in total. The summed E-state index contributed by atoms with van der Waals surface area (Å²) in [6.07, 6.45) is 4.51. The van der Waals surface area contributed by atoms with E-state index in [0.29, 0.717) is 5.75 Å². The van der Waals surface area contributed by atoms with Gasteiger partial charge in [-0.3, -0.25) is 4.79 Å². The van der Waals surface area contributed by atoms with E-state index in [-0.39, 0.29) is 5.97 Å². The minimum Gasteiger partial charge on any atom is -0.426 e. The Kier molecular flexibility index (Phi) is 4.95. The van der Waals surface area contributed by atoms with Crippen molar-refractivity contribution in [1.82, 2.24) is 0 Å². The number of carbonyl (C=O) groups is 1. The summed E-state index contributed by atoms with van der Waals surface area (Å²) in [5, 5.41) is 0. The van der Waals surface area contributed by atoms with Crippen molar-refractivity contribution < 1.29 is 9.53 Å². The van der Waals surface area contributed by atoms with Gasteiger partial charge in [0.25, 0.3) is 0 Å². The Balaban J connectivity index is 2.70. The number of para-hydroxylation sites is 1. The van der Waals surface area contributed by atoms with E-state index in [2.05, 4.69) is 13.5 Å². The lowest BCUT2D eigenvalue weighted by Crippen LogP contribution is -2.30. The molecule has 0 aliphatic carbocycles. The molecule has 0 aliphatic rings. The Labute approximate surface area is 103 Å². The van der Waals surface area contributed by atoms with E-state index in [4.69, 9.17) is 4.74 Å². The number of benzene rings is 1. The van der Waals surface area contributed by atoms with Crippen LogP contribution in [0.3, 0.4) is 0 Å². The monoisotopic (exact) mass is 232 g/mol. The first kappa shape index (κ1) is 13.5. The second-order valence-corrected chi connectivity index (χ2v) is 4.43. The lowest BCUT2D eigenvalue weighted by molar-refractivity contribution is -0.142. The largest absolute Gasteiger partial charge is 0.426 e. The predicted molar refractivity (Wildman–Crippen MR) is 69.9 cm³/mol. The molecule has 1 aromatic rings. The van der Waals surface area contributed by atoms with Crippen LogP contribution >= 0.6 is 0 Å². The maximum Gasteiger partial charge on any atom is 0.321 e. The molecular formula is C15H20O2. The highest BCUT2D eigenvalue weighted by atomic mass is 16.5. The van der Waals surface area contributed by atoms with E-state index in [9.17, 15) is 4.79 Å². The molecule has 0 bridgehead atoms. The van der Waals surface area contributed by atoms with Crippen LogP contribution in [0.2, 0.25) is 0 Å². The van der Waals surface area contributed by atoms with Gasteiger partial charge in [0, 0.05) is 0 Å². The van der Waals surface area contributed by atoms with Crippen LogP contribution in [0.5, 0.6) is 5.75 Å². The average molecular weight is 232 g/mol. The van der Waals surface area contributed by atoms with Crippen molar-refractivity contribution in [1.29, 1.82) is 0 Å². The summed E-state index contributed by atoms with van der Waals surface area (Å²) in [5.74, 6) is 0.356. The summed E-state index contributed by atoms with van der Waals surface area (Å²) in [7, 11) is 0. The SMILES string of the molecule is C=CC(C)(CCCC)C(=O)Oc1ccccc1. The Morgan fingerprint density at radius 2 is 2.06 bits per heavy atom. The summed E-state index contributed by atoms with van der Waals surface area (Å²) >= 11 is 0. The average Bonchev–Trinajstić information content (AvgIpc) is 2.37. The standard InChI is InChI=1S/C15H20O2/c1-4-6-12-15(3,5-2)14(16)17-13-10-8-7-9-11-13/h5,7-11H,2,4,6,12H2,1,3H3. The molecule has 1 unspecified atom stereocenters. The molecule has 17 heavy (non-hydrogen) atoms. The lowest BCUT2D eigenvalue weighted by atomic mass is 9.85. The highest BCUT2D eigenvalue weighted by Crippen LogP contribution is 2.28. The van der Waals surface area contributed by atoms with Gasteiger partial charge in [0.05, 0.1) is 5.41 Å². The normalized spacial score (nSPS) is 13.8. The third kappa shape index (κ3) is 3.74. The van der Waals surface area contributed by atoms with Crippen molar-refractivity contribution in [3.8, 4) is 5.75 Å². The quantitative estimate of drug-likeness (QED) is 0.421. The van der Waals surface area contributed by atoms with Gasteiger partial charge in [-0.05, 0) is 25.5 Å². The molecule has 0 aromatic heterocycles. The van der Waals surface area contributed by atoms with Gasteiger partial charge >= 0.3 is 5.97 Å². The zero-order valence-electron chi connectivity index (χ0n) is 10.6. The van der Waals surface area contributed by atoms with Crippen LogP contribution in [0.15, 0.2) is 43.0 Å². The van der Waals surface area contributed by atoms with Crippen molar-refractivity contribution in [2.24, 2.45) is 5.41 Å². The Bertz CT molecular complexity index is 370. The van der Waals surface area contributed by atoms with Gasteiger partial charge in [0.15, 0.2) is 0 Å². The molecule has 0 saturated carbocycles. The van der Waals surface area contributed by atoms with E-state index in [1.807, 2.05) is 25.1 Å². The van der Waals surface area contributed by atoms with E-state index in [1.165, 1.54) is 0 Å². The first-order valence-corrected chi connectivity index (χ1v) is 6.03. The van der Waals surface area contributed by atoms with Crippen LogP contribution in [-0.2, 0) is 4.79 Å². The zero-order chi connectivity index (χ0) is 12.7. The van der Waals surface area contributed by atoms with Gasteiger partial charge in [0.2, 0.25) is 0 Å². The minimum atomic E-state index is -0.591. The molecule has 0 spiro atoms. The molecular weight excluding hydrogens is 212 g/mol. The maximum atomic E-state index is 12.1. The predicted octanol–water partition coefficient (Wildman–Crippen LogP) is 3.97. The smallest absolute Gasteiger partial charge is 0.321 e. The summed E-state index contributed by atoms with van der Waals surface area (Å²) in [6, 6.07) is 9.14. The van der Waals surface area contributed by atoms with Gasteiger partial charge in [-0.15, -0.1) is 6.58 Å². The number of carbonyl (C=O) groups excluding carboxylic acids is 1.